The number of carbonyl (C=O) groups excluding carboxylic acids is 1. The van der Waals surface area contributed by atoms with Crippen molar-refractivity contribution in [3.63, 3.8) is 0 Å². The molecule has 8 heteroatoms. The Balaban J connectivity index is 1.85. The molecule has 4 atom stereocenters. The van der Waals surface area contributed by atoms with Gasteiger partial charge >= 0.3 is 0 Å². The molecule has 3 aromatic carbocycles. The highest BCUT2D eigenvalue weighted by atomic mass is 35.5. The van der Waals surface area contributed by atoms with Gasteiger partial charge in [0.25, 0.3) is 0 Å². The van der Waals surface area contributed by atoms with Crippen LogP contribution in [-0.2, 0) is 16.0 Å². The van der Waals surface area contributed by atoms with Gasteiger partial charge in [-0.05, 0) is 41.8 Å². The molecule has 0 spiro atoms. The Morgan fingerprint density at radius 1 is 1.15 bits per heavy atom. The molecule has 0 aromatic heterocycles. The Labute approximate surface area is 201 Å². The molecule has 1 aliphatic carbocycles. The smallest absolute Gasteiger partial charge is 0.207 e. The lowest BCUT2D eigenvalue weighted by Crippen LogP contribution is -2.55. The lowest BCUT2D eigenvalue weighted by molar-refractivity contribution is -0.126. The molecule has 34 heavy (non-hydrogen) atoms. The van der Waals surface area contributed by atoms with Gasteiger partial charge in [-0.25, -0.2) is 4.39 Å². The zero-order chi connectivity index (χ0) is 24.1. The summed E-state index contributed by atoms with van der Waals surface area (Å²) in [4.78, 5) is 11.6. The van der Waals surface area contributed by atoms with E-state index in [-0.39, 0.29) is 6.42 Å². The summed E-state index contributed by atoms with van der Waals surface area (Å²) in [5, 5.41) is 15.9. The zero-order valence-electron chi connectivity index (χ0n) is 18.5. The number of methoxy groups -OCH3 is 2. The Kier molecular flexibility index (Phi) is 5.41. The molecule has 5 rings (SSSR count). The van der Waals surface area contributed by atoms with Gasteiger partial charge in [-0.2, -0.15) is 0 Å². The summed E-state index contributed by atoms with van der Waals surface area (Å²) in [6.45, 7) is 0. The van der Waals surface area contributed by atoms with Crippen molar-refractivity contribution >= 4 is 18.0 Å². The molecule has 6 nitrogen and oxygen atoms in total. The van der Waals surface area contributed by atoms with Crippen LogP contribution in [0.4, 0.5) is 4.39 Å². The van der Waals surface area contributed by atoms with Crippen molar-refractivity contribution in [1.29, 1.82) is 0 Å². The summed E-state index contributed by atoms with van der Waals surface area (Å²) < 4.78 is 32.1. The molecule has 0 bridgehead atoms. The molecule has 0 radical (unpaired) electrons. The highest BCUT2D eigenvalue weighted by Crippen LogP contribution is 2.68. The summed E-state index contributed by atoms with van der Waals surface area (Å²) in [6, 6.07) is 15.7. The number of nitrogens with one attached hydrogen (secondary N) is 1. The number of amides is 1. The maximum Gasteiger partial charge on any atom is 0.207 e. The molecule has 176 valence electrons. The maximum absolute atomic E-state index is 14.3. The van der Waals surface area contributed by atoms with Crippen LogP contribution in [0.3, 0.4) is 0 Å². The van der Waals surface area contributed by atoms with Crippen LogP contribution in [-0.4, -0.2) is 31.8 Å². The number of fused-ring (bicyclic) bond motifs is 3. The number of carbonyl (C=O) groups is 1. The molecule has 1 saturated carbocycles. The molecule has 0 unspecified atom stereocenters. The first-order valence-corrected chi connectivity index (χ1v) is 11.2. The minimum atomic E-state index is -1.76. The van der Waals surface area contributed by atoms with Crippen LogP contribution in [0.15, 0.2) is 60.7 Å². The number of halogens is 2. The fourth-order valence-corrected chi connectivity index (χ4v) is 5.75. The topological polar surface area (TPSA) is 77.0 Å². The Morgan fingerprint density at radius 2 is 1.91 bits per heavy atom. The minimum Gasteiger partial charge on any atom is -0.496 e. The van der Waals surface area contributed by atoms with Crippen LogP contribution >= 0.6 is 11.6 Å². The van der Waals surface area contributed by atoms with Crippen molar-refractivity contribution in [1.82, 2.24) is 5.32 Å². The maximum atomic E-state index is 14.3. The van der Waals surface area contributed by atoms with Gasteiger partial charge in [0.05, 0.1) is 25.8 Å². The van der Waals surface area contributed by atoms with Crippen molar-refractivity contribution in [2.75, 3.05) is 14.2 Å². The fourth-order valence-electron chi connectivity index (χ4n) is 5.62. The van der Waals surface area contributed by atoms with E-state index in [4.69, 9.17) is 25.8 Å². The predicted molar refractivity (Wildman–Crippen MR) is 124 cm³/mol. The average Bonchev–Trinajstić information content (AvgIpc) is 3.24. The SMILES string of the molecule is COc1cc(OC)c2c(c1)O[C@@]1(c3ccc(Cl)cc3)[C@H](c3cccc(F)c3)C[C@H](NC=O)[C@@]21O. The van der Waals surface area contributed by atoms with E-state index in [1.165, 1.54) is 26.4 Å². The molecule has 2 aliphatic rings. The molecule has 1 aliphatic heterocycles. The van der Waals surface area contributed by atoms with Gasteiger partial charge in [0.2, 0.25) is 6.41 Å². The molecule has 1 amide bonds. The molecular formula is C26H23ClFNO5. The molecule has 2 N–H and O–H groups in total. The first-order valence-electron chi connectivity index (χ1n) is 10.8. The summed E-state index contributed by atoms with van der Waals surface area (Å²) in [5.41, 5.74) is -1.54. The minimum absolute atomic E-state index is 0.288. The number of hydrogen-bond donors (Lipinski definition) is 2. The Hall–Kier alpha value is -3.29. The lowest BCUT2D eigenvalue weighted by atomic mass is 9.71. The summed E-state index contributed by atoms with van der Waals surface area (Å²) in [7, 11) is 3.01. The molecule has 3 aromatic rings. The zero-order valence-corrected chi connectivity index (χ0v) is 19.3. The van der Waals surface area contributed by atoms with E-state index in [2.05, 4.69) is 5.32 Å². The molecule has 0 saturated heterocycles. The lowest BCUT2D eigenvalue weighted by Gasteiger charge is -2.41. The predicted octanol–water partition coefficient (Wildman–Crippen LogP) is 4.27. The van der Waals surface area contributed by atoms with Gasteiger partial charge in [0, 0.05) is 23.1 Å². The second kappa shape index (κ2) is 8.18. The summed E-state index contributed by atoms with van der Waals surface area (Å²) in [5.74, 6) is 0.245. The average molecular weight is 484 g/mol. The van der Waals surface area contributed by atoms with Crippen molar-refractivity contribution < 1.29 is 28.5 Å². The summed E-state index contributed by atoms with van der Waals surface area (Å²) >= 11 is 6.17. The van der Waals surface area contributed by atoms with Crippen molar-refractivity contribution in [2.24, 2.45) is 0 Å². The summed E-state index contributed by atoms with van der Waals surface area (Å²) in [6.07, 6.45) is 0.840. The second-order valence-electron chi connectivity index (χ2n) is 8.49. The third-order valence-corrected chi connectivity index (χ3v) is 7.23. The third-order valence-electron chi connectivity index (χ3n) is 6.97. The Bertz CT molecular complexity index is 1250. The highest BCUT2D eigenvalue weighted by molar-refractivity contribution is 6.30. The quantitative estimate of drug-likeness (QED) is 0.512. The van der Waals surface area contributed by atoms with Gasteiger partial charge < -0.3 is 24.6 Å². The van der Waals surface area contributed by atoms with Crippen molar-refractivity contribution in [3.05, 3.63) is 88.2 Å². The van der Waals surface area contributed by atoms with Crippen LogP contribution in [0, 0.1) is 5.82 Å². The van der Waals surface area contributed by atoms with Crippen LogP contribution in [0.5, 0.6) is 17.2 Å². The molecular weight excluding hydrogens is 461 g/mol. The number of rotatable bonds is 6. The van der Waals surface area contributed by atoms with Crippen LogP contribution in [0.2, 0.25) is 5.02 Å². The van der Waals surface area contributed by atoms with Crippen LogP contribution < -0.4 is 19.5 Å². The van der Waals surface area contributed by atoms with E-state index >= 15 is 0 Å². The van der Waals surface area contributed by atoms with Gasteiger partial charge in [-0.3, -0.25) is 4.79 Å². The molecule has 1 heterocycles. The number of ether oxygens (including phenoxy) is 3. The third kappa shape index (κ3) is 3.00. The van der Waals surface area contributed by atoms with Gasteiger partial charge in [-0.1, -0.05) is 35.9 Å². The monoisotopic (exact) mass is 483 g/mol. The van der Waals surface area contributed by atoms with E-state index < -0.39 is 29.0 Å². The standard InChI is InChI=1S/C26H23ClFNO5/c1-32-19-11-21(33-2)24-22(12-19)34-26(16-6-8-17(27)9-7-16)20(15-4-3-5-18(28)10-15)13-23(29-14-30)25(24,26)31/h3-12,14,20,23,31H,13H2,1-2H3,(H,29,30)/t20-,23-,25+,26-/m0/s1. The number of aliphatic hydroxyl groups is 1. The number of benzene rings is 3. The highest BCUT2D eigenvalue weighted by Gasteiger charge is 2.73. The number of hydrogen-bond acceptors (Lipinski definition) is 5. The van der Waals surface area contributed by atoms with Crippen molar-refractivity contribution in [3.8, 4) is 17.2 Å². The van der Waals surface area contributed by atoms with Gasteiger partial charge in [0.15, 0.2) is 11.2 Å². The van der Waals surface area contributed by atoms with E-state index in [9.17, 15) is 14.3 Å². The largest absolute Gasteiger partial charge is 0.496 e. The van der Waals surface area contributed by atoms with E-state index in [0.29, 0.717) is 45.4 Å². The first kappa shape index (κ1) is 22.5. The first-order chi connectivity index (χ1) is 16.4. The van der Waals surface area contributed by atoms with Crippen LogP contribution in [0.1, 0.15) is 29.0 Å². The Morgan fingerprint density at radius 3 is 2.56 bits per heavy atom. The second-order valence-corrected chi connectivity index (χ2v) is 8.93. The van der Waals surface area contributed by atoms with E-state index in [1.54, 1.807) is 48.5 Å². The van der Waals surface area contributed by atoms with Gasteiger partial charge in [0.1, 0.15) is 23.1 Å². The van der Waals surface area contributed by atoms with Crippen molar-refractivity contribution in [2.45, 2.75) is 29.6 Å². The van der Waals surface area contributed by atoms with E-state index in [1.807, 2.05) is 0 Å². The normalized spacial score (nSPS) is 26.9. The van der Waals surface area contributed by atoms with E-state index in [0.717, 1.165) is 0 Å². The van der Waals surface area contributed by atoms with Gasteiger partial charge in [-0.15, -0.1) is 0 Å². The fraction of sp³-hybridized carbons (Fsp3) is 0.269. The molecule has 1 fully saturated rings. The van der Waals surface area contributed by atoms with Crippen LogP contribution in [0.25, 0.3) is 0 Å².